The first-order chi connectivity index (χ1) is 38.5. The Kier molecular flexibility index (Phi) is 18.0. The summed E-state index contributed by atoms with van der Waals surface area (Å²) in [6.07, 6.45) is -1.78. The third-order valence-electron chi connectivity index (χ3n) is 12.1. The molecule has 0 fully saturated rings. The van der Waals surface area contributed by atoms with Gasteiger partial charge in [-0.25, -0.2) is 34.9 Å². The van der Waals surface area contributed by atoms with E-state index in [1.807, 2.05) is 13.8 Å². The minimum Gasteiger partial charge on any atom is -0.481 e. The van der Waals surface area contributed by atoms with Crippen LogP contribution in [0.5, 0.6) is 0 Å². The number of methoxy groups -OCH3 is 1. The van der Waals surface area contributed by atoms with Gasteiger partial charge < -0.3 is 46.9 Å². The number of carbonyl (C=O) groups excluding carboxylic acids is 6. The van der Waals surface area contributed by atoms with Gasteiger partial charge >= 0.3 is 5.97 Å². The van der Waals surface area contributed by atoms with E-state index in [1.165, 1.54) is 42.2 Å². The number of nitrogens with one attached hydrogen (secondary N) is 6. The molecule has 0 radical (unpaired) electrons. The maximum atomic E-state index is 14.2. The Labute approximate surface area is 479 Å². The number of aliphatic carboxylic acids is 1. The number of hydrogen-bond donors (Lipinski definition) is 8. The summed E-state index contributed by atoms with van der Waals surface area (Å²) in [4.78, 5) is 128. The lowest BCUT2D eigenvalue weighted by Crippen LogP contribution is -2.40. The van der Waals surface area contributed by atoms with E-state index in [9.17, 15) is 38.7 Å². The average Bonchev–Trinajstić information content (AvgIpc) is 4.35. The number of rotatable bonds is 12. The third-order valence-corrected chi connectivity index (χ3v) is 17.8. The Hall–Kier alpha value is -7.64. The number of fused-ring (bicyclic) bond motifs is 14. The number of carboxylic acid groups (broad SMARTS) is 1. The molecule has 2 unspecified atom stereocenters. The van der Waals surface area contributed by atoms with E-state index in [0.29, 0.717) is 68.7 Å². The summed E-state index contributed by atoms with van der Waals surface area (Å²) >= 11 is 7.01. The monoisotopic (exact) mass is 1200 g/mol. The number of thiazole rings is 6. The van der Waals surface area contributed by atoms with Crippen LogP contribution in [0.1, 0.15) is 123 Å². The van der Waals surface area contributed by atoms with E-state index in [2.05, 4.69) is 46.9 Å². The van der Waals surface area contributed by atoms with E-state index in [1.54, 1.807) is 65.5 Å². The summed E-state index contributed by atoms with van der Waals surface area (Å²) < 4.78 is 5.44. The Morgan fingerprint density at radius 3 is 2.17 bits per heavy atom. The Morgan fingerprint density at radius 1 is 0.713 bits per heavy atom. The number of aromatic nitrogens is 7. The topological polar surface area (TPSA) is 332 Å². The fourth-order valence-electron chi connectivity index (χ4n) is 8.06. The lowest BCUT2D eigenvalue weighted by atomic mass is 10.0. The predicted octanol–water partition coefficient (Wildman–Crippen LogP) is 6.52. The molecule has 0 spiro atoms. The number of carbonyl (C=O) groups is 7. The molecule has 1 aromatic carbocycles. The van der Waals surface area contributed by atoms with Gasteiger partial charge in [0, 0.05) is 52.7 Å². The van der Waals surface area contributed by atoms with Gasteiger partial charge in [0.15, 0.2) is 0 Å². The molecule has 7 aromatic heterocycles. The van der Waals surface area contributed by atoms with Gasteiger partial charge in [-0.1, -0.05) is 44.2 Å². The highest BCUT2D eigenvalue weighted by molar-refractivity contribution is 7.15. The van der Waals surface area contributed by atoms with E-state index >= 15 is 0 Å². The van der Waals surface area contributed by atoms with Gasteiger partial charge in [0.2, 0.25) is 11.8 Å². The molecule has 1 aliphatic heterocycles. The number of hydrogen-bond acceptors (Lipinski definition) is 22. The Bertz CT molecular complexity index is 3620. The zero-order valence-corrected chi connectivity index (χ0v) is 47.9. The van der Waals surface area contributed by atoms with Crippen molar-refractivity contribution in [1.82, 2.24) is 66.8 Å². The maximum absolute atomic E-state index is 14.2. The largest absolute Gasteiger partial charge is 0.481 e. The number of aryl methyl sites for hydroxylation is 1. The first-order valence-corrected chi connectivity index (χ1v) is 29.6. The second-order valence-electron chi connectivity index (χ2n) is 18.1. The number of aliphatic hydroxyl groups is 1. The molecule has 0 saturated carbocycles. The number of pyridine rings is 1. The Morgan fingerprint density at radius 2 is 1.43 bits per heavy atom. The fraction of sp³-hybridized carbons (Fsp3) is 0.294. The SMILES string of the molecule is CNC(=O)C[C@@H]1NC(=O)c2csc(n2)-c2ccc(-c3nc(C(=O)NCCC(=O)O)cs3)nc2-c2csc(n2)-c2csc(n2)C(C(O)c2ccccc2)NC(=O)CNC(=O)c2nc(sc2COC)[C@H](C(C)C)NC(=O)c2nc1sc2C. The highest BCUT2D eigenvalue weighted by Crippen LogP contribution is 2.40. The van der Waals surface area contributed by atoms with Crippen LogP contribution >= 0.6 is 68.0 Å². The first kappa shape index (κ1) is 57.1. The van der Waals surface area contributed by atoms with Gasteiger partial charge in [-0.3, -0.25) is 33.6 Å². The summed E-state index contributed by atoms with van der Waals surface area (Å²) in [6, 6.07) is 9.33. The normalized spacial score (nSPS) is 16.5. The molecular formula is C51H49N13O10S6. The molecule has 1 aliphatic rings. The van der Waals surface area contributed by atoms with Crippen LogP contribution in [0.4, 0.5) is 0 Å². The second-order valence-corrected chi connectivity index (χ2v) is 23.9. The third kappa shape index (κ3) is 13.0. The summed E-state index contributed by atoms with van der Waals surface area (Å²) in [7, 11) is 2.93. The lowest BCUT2D eigenvalue weighted by molar-refractivity contribution is -0.136. The summed E-state index contributed by atoms with van der Waals surface area (Å²) in [6.45, 7) is 4.83. The molecule has 0 saturated heterocycles. The summed E-state index contributed by atoms with van der Waals surface area (Å²) in [5.41, 5.74) is 2.55. The van der Waals surface area contributed by atoms with Crippen LogP contribution in [0.25, 0.3) is 43.4 Å². The van der Waals surface area contributed by atoms with Gasteiger partial charge in [-0.05, 0) is 30.5 Å². The zero-order valence-electron chi connectivity index (χ0n) is 43.0. The minimum atomic E-state index is -1.28. The fourth-order valence-corrected chi connectivity index (χ4v) is 13.6. The van der Waals surface area contributed by atoms with Crippen molar-refractivity contribution < 1.29 is 48.5 Å². The van der Waals surface area contributed by atoms with Crippen molar-refractivity contribution in [2.24, 2.45) is 5.92 Å². The van der Waals surface area contributed by atoms with Gasteiger partial charge in [-0.15, -0.1) is 68.0 Å². The molecule has 8 heterocycles. The van der Waals surface area contributed by atoms with Gasteiger partial charge in [0.05, 0.1) is 48.6 Å². The molecule has 4 atom stereocenters. The molecule has 80 heavy (non-hydrogen) atoms. The number of carboxylic acids is 1. The number of amides is 6. The number of benzene rings is 1. The molecule has 9 rings (SSSR count). The van der Waals surface area contributed by atoms with Crippen LogP contribution in [0, 0.1) is 12.8 Å². The lowest BCUT2D eigenvalue weighted by Gasteiger charge is -2.23. The Balaban J connectivity index is 1.13. The van der Waals surface area contributed by atoms with E-state index in [4.69, 9.17) is 29.8 Å². The smallest absolute Gasteiger partial charge is 0.305 e. The highest BCUT2D eigenvalue weighted by atomic mass is 32.1. The maximum Gasteiger partial charge on any atom is 0.305 e. The van der Waals surface area contributed by atoms with Crippen molar-refractivity contribution in [1.29, 1.82) is 0 Å². The molecular weight excluding hydrogens is 1150 g/mol. The van der Waals surface area contributed by atoms with E-state index in [0.717, 1.165) is 45.3 Å². The van der Waals surface area contributed by atoms with Crippen molar-refractivity contribution in [3.05, 3.63) is 117 Å². The van der Waals surface area contributed by atoms with Crippen molar-refractivity contribution in [2.75, 3.05) is 27.2 Å². The van der Waals surface area contributed by atoms with Gasteiger partial charge in [-0.2, -0.15) is 0 Å². The van der Waals surface area contributed by atoms with Crippen molar-refractivity contribution in [2.45, 2.75) is 64.4 Å². The first-order valence-electron chi connectivity index (χ1n) is 24.4. The summed E-state index contributed by atoms with van der Waals surface area (Å²) in [5.74, 6) is -4.81. The van der Waals surface area contributed by atoms with Crippen molar-refractivity contribution in [3.8, 4) is 43.4 Å². The molecule has 0 aliphatic carbocycles. The number of aliphatic hydroxyl groups excluding tert-OH is 1. The molecule has 29 heteroatoms. The van der Waals surface area contributed by atoms with Crippen LogP contribution in [0.15, 0.2) is 64.0 Å². The standard InChI is InChI=1S/C51H49N13O10S6/c1-22(2)36-51-64-39(32(80-51)17-74-5)44(72)54-16-34(66)61-40(41(69)24-9-7-6-8-10-24)50-60-31(21-78-50)48-57-28(18-76-48)38-25(11-12-26(55-38)47-59-29(19-77-47)42(70)53-14-13-35(67)68)46-58-30(20-75-46)43(71)56-27(15-33(65)52-4)49-63-37(23(3)79-49)45(73)62-36/h6-12,18-22,27,36,40-41,69H,13-17H2,1-5H3,(H,52,65)(H,53,70)(H,54,72)(H,56,71)(H,61,66)(H,62,73)(H,67,68)/t27-,36-,40?,41?/m0/s1. The van der Waals surface area contributed by atoms with E-state index in [-0.39, 0.29) is 59.7 Å². The molecule has 8 aromatic rings. The van der Waals surface area contributed by atoms with E-state index < -0.39 is 72.2 Å². The molecule has 8 N–H and O–H groups in total. The van der Waals surface area contributed by atoms with Gasteiger partial charge in [0.25, 0.3) is 23.6 Å². The number of nitrogens with zero attached hydrogens (tertiary/aromatic N) is 7. The molecule has 23 nitrogen and oxygen atoms in total. The molecule has 10 bridgehead atoms. The van der Waals surface area contributed by atoms with Crippen LogP contribution < -0.4 is 31.9 Å². The van der Waals surface area contributed by atoms with Crippen LogP contribution in [-0.4, -0.2) is 114 Å². The molecule has 414 valence electrons. The van der Waals surface area contributed by atoms with Crippen LogP contribution in [-0.2, 0) is 25.7 Å². The van der Waals surface area contributed by atoms with Crippen molar-refractivity contribution >= 4 is 109 Å². The quantitative estimate of drug-likeness (QED) is 0.0645. The summed E-state index contributed by atoms with van der Waals surface area (Å²) in [5, 5.41) is 46.3. The number of ether oxygens (including phenoxy) is 1. The highest BCUT2D eigenvalue weighted by Gasteiger charge is 2.33. The zero-order chi connectivity index (χ0) is 56.8. The average molecular weight is 1200 g/mol. The van der Waals surface area contributed by atoms with Crippen molar-refractivity contribution in [3.63, 3.8) is 0 Å². The second kappa shape index (κ2) is 25.2. The van der Waals surface area contributed by atoms with Crippen LogP contribution in [0.2, 0.25) is 0 Å². The van der Waals surface area contributed by atoms with Crippen LogP contribution in [0.3, 0.4) is 0 Å². The molecule has 6 amide bonds. The van der Waals surface area contributed by atoms with Gasteiger partial charge in [0.1, 0.15) is 82.0 Å². The predicted molar refractivity (Wildman–Crippen MR) is 301 cm³/mol. The minimum absolute atomic E-state index is 0.00243.